The van der Waals surface area contributed by atoms with E-state index < -0.39 is 24.1 Å². The highest BCUT2D eigenvalue weighted by molar-refractivity contribution is 14.1. The van der Waals surface area contributed by atoms with Gasteiger partial charge in [-0.2, -0.15) is 0 Å². The van der Waals surface area contributed by atoms with Crippen molar-refractivity contribution in [2.75, 3.05) is 0 Å². The van der Waals surface area contributed by atoms with E-state index in [9.17, 15) is 10.2 Å². The minimum Gasteiger partial charge on any atom is -0.387 e. The van der Waals surface area contributed by atoms with Crippen LogP contribution in [0.25, 0.3) is 0 Å². The summed E-state index contributed by atoms with van der Waals surface area (Å²) in [6, 6.07) is 9.79. The van der Waals surface area contributed by atoms with Crippen molar-refractivity contribution in [1.82, 2.24) is 0 Å². The van der Waals surface area contributed by atoms with Crippen LogP contribution in [0.3, 0.4) is 0 Å². The number of aliphatic hydroxyl groups excluding tert-OH is 1. The molecule has 19 heavy (non-hydrogen) atoms. The lowest BCUT2D eigenvalue weighted by atomic mass is 9.89. The van der Waals surface area contributed by atoms with Crippen molar-refractivity contribution in [3.63, 3.8) is 0 Å². The molecular weight excluding hydrogens is 359 g/mol. The molecule has 1 fully saturated rings. The van der Waals surface area contributed by atoms with Crippen molar-refractivity contribution in [1.29, 1.82) is 0 Å². The smallest absolute Gasteiger partial charge is 0.173 e. The van der Waals surface area contributed by atoms with Gasteiger partial charge in [-0.3, -0.25) is 0 Å². The molecule has 1 aliphatic heterocycles. The molecule has 0 aromatic heterocycles. The van der Waals surface area contributed by atoms with Gasteiger partial charge in [0.1, 0.15) is 11.7 Å². The van der Waals surface area contributed by atoms with Crippen LogP contribution in [0.2, 0.25) is 0 Å². The molecule has 0 radical (unpaired) electrons. The first kappa shape index (κ1) is 15.2. The van der Waals surface area contributed by atoms with Crippen LogP contribution < -0.4 is 0 Å². The Bertz CT molecular complexity index is 409. The number of benzene rings is 1. The number of hydrogen-bond donors (Lipinski definition) is 2. The Morgan fingerprint density at radius 3 is 2.63 bits per heavy atom. The molecule has 1 aromatic rings. The third-order valence-corrected chi connectivity index (χ3v) is 5.29. The highest BCUT2D eigenvalue weighted by Crippen LogP contribution is 2.35. The second-order valence-corrected chi connectivity index (χ2v) is 6.42. The lowest BCUT2D eigenvalue weighted by Crippen LogP contribution is -2.62. The highest BCUT2D eigenvalue weighted by Gasteiger charge is 2.50. The minimum absolute atomic E-state index is 0.333. The molecular formula is C14H19IO4. The molecule has 1 heterocycles. The summed E-state index contributed by atoms with van der Waals surface area (Å²) < 4.78 is 11.0. The highest BCUT2D eigenvalue weighted by atomic mass is 127. The summed E-state index contributed by atoms with van der Waals surface area (Å²) in [5, 5.41) is 20.3. The Morgan fingerprint density at radius 2 is 2.00 bits per heavy atom. The van der Waals surface area contributed by atoms with Gasteiger partial charge in [0.25, 0.3) is 0 Å². The van der Waals surface area contributed by atoms with Crippen LogP contribution in [0.5, 0.6) is 0 Å². The van der Waals surface area contributed by atoms with E-state index >= 15 is 0 Å². The normalized spacial score (nSPS) is 39.2. The molecule has 1 saturated heterocycles. The third kappa shape index (κ3) is 3.28. The van der Waals surface area contributed by atoms with E-state index in [1.165, 1.54) is 0 Å². The van der Waals surface area contributed by atoms with Crippen molar-refractivity contribution in [3.05, 3.63) is 35.9 Å². The number of aliphatic hydroxyl groups is 2. The molecule has 0 spiro atoms. The number of halogens is 1. The summed E-state index contributed by atoms with van der Waals surface area (Å²) in [6.07, 6.45) is -1.90. The van der Waals surface area contributed by atoms with E-state index in [4.69, 9.17) is 9.47 Å². The second-order valence-electron chi connectivity index (χ2n) is 5.08. The number of alkyl halides is 1. The van der Waals surface area contributed by atoms with Crippen LogP contribution in [0, 0.1) is 0 Å². The van der Waals surface area contributed by atoms with Gasteiger partial charge >= 0.3 is 0 Å². The summed E-state index contributed by atoms with van der Waals surface area (Å²) in [6.45, 7) is 3.77. The van der Waals surface area contributed by atoms with Crippen molar-refractivity contribution < 1.29 is 19.7 Å². The zero-order valence-electron chi connectivity index (χ0n) is 11.0. The molecule has 0 bridgehead atoms. The minimum atomic E-state index is -1.22. The van der Waals surface area contributed by atoms with Gasteiger partial charge in [0.2, 0.25) is 0 Å². The Labute approximate surface area is 126 Å². The number of hydrogen-bond acceptors (Lipinski definition) is 4. The van der Waals surface area contributed by atoms with Crippen LogP contribution in [-0.4, -0.2) is 38.2 Å². The molecule has 106 valence electrons. The maximum absolute atomic E-state index is 10.3. The van der Waals surface area contributed by atoms with Crippen molar-refractivity contribution in [2.45, 2.75) is 48.5 Å². The van der Waals surface area contributed by atoms with E-state index in [1.807, 2.05) is 30.3 Å². The van der Waals surface area contributed by atoms with E-state index in [0.29, 0.717) is 6.61 Å². The van der Waals surface area contributed by atoms with Gasteiger partial charge in [-0.15, -0.1) is 0 Å². The van der Waals surface area contributed by atoms with Crippen molar-refractivity contribution in [3.8, 4) is 0 Å². The standard InChI is InChI=1S/C14H19IO4/c1-9-12(16)14(2,17)11(15)13(19-9)18-8-10-6-4-3-5-7-10/h3-7,9,11-13,16-17H,8H2,1-2H3/t9-,11-,12-,13+,14-/m0/s1. The molecule has 2 N–H and O–H groups in total. The zero-order valence-corrected chi connectivity index (χ0v) is 13.1. The molecule has 0 saturated carbocycles. The molecule has 4 nitrogen and oxygen atoms in total. The first-order valence-electron chi connectivity index (χ1n) is 6.28. The maximum Gasteiger partial charge on any atom is 0.173 e. The first-order valence-corrected chi connectivity index (χ1v) is 7.53. The monoisotopic (exact) mass is 378 g/mol. The number of rotatable bonds is 3. The molecule has 2 rings (SSSR count). The van der Waals surface area contributed by atoms with E-state index in [0.717, 1.165) is 5.56 Å². The van der Waals surface area contributed by atoms with Crippen LogP contribution in [0.4, 0.5) is 0 Å². The van der Waals surface area contributed by atoms with Crippen LogP contribution >= 0.6 is 22.6 Å². The van der Waals surface area contributed by atoms with E-state index in [-0.39, 0.29) is 3.92 Å². The predicted octanol–water partition coefficient (Wildman–Crippen LogP) is 1.86. The molecule has 0 unspecified atom stereocenters. The van der Waals surface area contributed by atoms with Crippen LogP contribution in [0.15, 0.2) is 30.3 Å². The van der Waals surface area contributed by atoms with Gasteiger partial charge in [0.05, 0.1) is 16.6 Å². The molecule has 5 heteroatoms. The summed E-state index contributed by atoms with van der Waals surface area (Å²) >= 11 is 2.07. The quantitative estimate of drug-likeness (QED) is 0.623. The fourth-order valence-corrected chi connectivity index (χ4v) is 2.89. The largest absolute Gasteiger partial charge is 0.387 e. The third-order valence-electron chi connectivity index (χ3n) is 3.45. The topological polar surface area (TPSA) is 58.9 Å². The summed E-state index contributed by atoms with van der Waals surface area (Å²) in [5.74, 6) is 0. The van der Waals surface area contributed by atoms with Gasteiger partial charge in [-0.25, -0.2) is 0 Å². The van der Waals surface area contributed by atoms with Crippen LogP contribution in [0.1, 0.15) is 19.4 Å². The lowest BCUT2D eigenvalue weighted by molar-refractivity contribution is -0.266. The van der Waals surface area contributed by atoms with Gasteiger partial charge in [-0.05, 0) is 19.4 Å². The SMILES string of the molecule is C[C@@H]1O[C@@H](OCc2ccccc2)[C@H](I)[C@](C)(O)[C@H]1O. The molecule has 5 atom stereocenters. The van der Waals surface area contributed by atoms with Gasteiger partial charge in [0.15, 0.2) is 6.29 Å². The molecule has 1 aliphatic rings. The predicted molar refractivity (Wildman–Crippen MR) is 80.0 cm³/mol. The van der Waals surface area contributed by atoms with Crippen LogP contribution in [-0.2, 0) is 16.1 Å². The lowest BCUT2D eigenvalue weighted by Gasteiger charge is -2.45. The maximum atomic E-state index is 10.3. The zero-order chi connectivity index (χ0) is 14.0. The Hall–Kier alpha value is -0.210. The molecule has 1 aromatic carbocycles. The number of ether oxygens (including phenoxy) is 2. The van der Waals surface area contributed by atoms with Gasteiger partial charge in [-0.1, -0.05) is 52.9 Å². The van der Waals surface area contributed by atoms with Gasteiger partial charge < -0.3 is 19.7 Å². The fourth-order valence-electron chi connectivity index (χ4n) is 2.15. The van der Waals surface area contributed by atoms with Crippen molar-refractivity contribution >= 4 is 22.6 Å². The summed E-state index contributed by atoms with van der Waals surface area (Å²) in [4.78, 5) is 0. The van der Waals surface area contributed by atoms with E-state index in [2.05, 4.69) is 22.6 Å². The van der Waals surface area contributed by atoms with Crippen molar-refractivity contribution in [2.24, 2.45) is 0 Å². The Morgan fingerprint density at radius 1 is 1.37 bits per heavy atom. The average molecular weight is 378 g/mol. The average Bonchev–Trinajstić information content (AvgIpc) is 2.41. The Balaban J connectivity index is 2.00. The Kier molecular flexibility index (Phi) is 4.84. The summed E-state index contributed by atoms with van der Waals surface area (Å²) in [7, 11) is 0. The summed E-state index contributed by atoms with van der Waals surface area (Å²) in [5.41, 5.74) is -0.173. The fraction of sp³-hybridized carbons (Fsp3) is 0.571. The van der Waals surface area contributed by atoms with Gasteiger partial charge in [0, 0.05) is 0 Å². The molecule has 0 aliphatic carbocycles. The van der Waals surface area contributed by atoms with E-state index in [1.54, 1.807) is 13.8 Å². The molecule has 0 amide bonds. The second kappa shape index (κ2) is 6.05. The first-order chi connectivity index (χ1) is 8.93.